The van der Waals surface area contributed by atoms with Crippen LogP contribution in [0.15, 0.2) is 41.0 Å². The molecular formula is C33H36O8. The first-order valence-corrected chi connectivity index (χ1v) is 14.1. The molecule has 0 aromatic heterocycles. The normalized spacial score (nSPS) is 31.4. The van der Waals surface area contributed by atoms with Gasteiger partial charge >= 0.3 is 5.97 Å². The molecule has 2 fully saturated rings. The molecule has 8 heteroatoms. The molecule has 3 aliphatic carbocycles. The van der Waals surface area contributed by atoms with Crippen LogP contribution in [-0.4, -0.2) is 50.2 Å². The lowest BCUT2D eigenvalue weighted by atomic mass is 9.51. The number of ketones is 2. The first-order chi connectivity index (χ1) is 19.1. The third kappa shape index (κ3) is 3.52. The van der Waals surface area contributed by atoms with Gasteiger partial charge in [0.15, 0.2) is 22.8 Å². The number of fused-ring (bicyclic) bond motifs is 2. The van der Waals surface area contributed by atoms with E-state index >= 15 is 0 Å². The third-order valence-corrected chi connectivity index (χ3v) is 9.37. The number of allylic oxidation sites excluding steroid dienone is 3. The molecule has 0 amide bonds. The number of phenolic OH excluding ortho intramolecular Hbond substituents is 1. The molecule has 4 bridgehead atoms. The van der Waals surface area contributed by atoms with Gasteiger partial charge in [0.1, 0.15) is 28.4 Å². The zero-order valence-corrected chi connectivity index (χ0v) is 24.5. The number of carbonyl (C=O) groups excluding carboxylic acids is 2. The maximum Gasteiger partial charge on any atom is 0.330 e. The fraction of sp³-hybridized carbons (Fsp3) is 0.485. The number of aliphatic carboxylic acids is 1. The Hall–Kier alpha value is -3.65. The fourth-order valence-electron chi connectivity index (χ4n) is 7.44. The summed E-state index contributed by atoms with van der Waals surface area (Å²) in [6.45, 7) is 13.0. The third-order valence-electron chi connectivity index (χ3n) is 9.37. The zero-order chi connectivity index (χ0) is 29.9. The van der Waals surface area contributed by atoms with E-state index in [1.54, 1.807) is 12.2 Å². The van der Waals surface area contributed by atoms with Crippen LogP contribution in [0, 0.1) is 11.8 Å². The van der Waals surface area contributed by atoms with Crippen LogP contribution in [0.25, 0.3) is 6.08 Å². The predicted molar refractivity (Wildman–Crippen MR) is 151 cm³/mol. The van der Waals surface area contributed by atoms with Crippen LogP contribution in [0.1, 0.15) is 82.8 Å². The van der Waals surface area contributed by atoms with Crippen molar-refractivity contribution in [1.82, 2.24) is 0 Å². The SMILES string of the molecule is CC(C)=CCc1c2c(c(O)c3c1O[C@]14C(=CC5CC1C(C)(C)O[C@@]4(C/C=C(/C)C(=O)O)C5=O)C3=O)C=CC(C)(C)O2. The van der Waals surface area contributed by atoms with Crippen molar-refractivity contribution in [3.63, 3.8) is 0 Å². The largest absolute Gasteiger partial charge is 0.506 e. The molecule has 0 radical (unpaired) electrons. The highest BCUT2D eigenvalue weighted by Gasteiger charge is 2.81. The Morgan fingerprint density at radius 2 is 1.78 bits per heavy atom. The van der Waals surface area contributed by atoms with E-state index in [1.807, 2.05) is 53.7 Å². The first-order valence-electron chi connectivity index (χ1n) is 14.1. The van der Waals surface area contributed by atoms with Gasteiger partial charge in [0.2, 0.25) is 0 Å². The van der Waals surface area contributed by atoms with Crippen LogP contribution in [0.2, 0.25) is 0 Å². The van der Waals surface area contributed by atoms with Crippen LogP contribution >= 0.6 is 0 Å². The molecule has 1 aromatic rings. The smallest absolute Gasteiger partial charge is 0.330 e. The lowest BCUT2D eigenvalue weighted by Crippen LogP contribution is -2.72. The molecule has 2 unspecified atom stereocenters. The summed E-state index contributed by atoms with van der Waals surface area (Å²) in [4.78, 5) is 40.4. The van der Waals surface area contributed by atoms with Crippen molar-refractivity contribution in [3.05, 3.63) is 57.7 Å². The molecule has 6 aliphatic rings. The van der Waals surface area contributed by atoms with Crippen LogP contribution in [0.3, 0.4) is 0 Å². The molecule has 216 valence electrons. The molecule has 1 spiro atoms. The molecule has 8 nitrogen and oxygen atoms in total. The van der Waals surface area contributed by atoms with Crippen molar-refractivity contribution in [2.24, 2.45) is 11.8 Å². The van der Waals surface area contributed by atoms with E-state index in [-0.39, 0.29) is 40.8 Å². The van der Waals surface area contributed by atoms with E-state index < -0.39 is 40.1 Å². The van der Waals surface area contributed by atoms with Crippen molar-refractivity contribution < 1.29 is 38.8 Å². The van der Waals surface area contributed by atoms with Gasteiger partial charge in [0, 0.05) is 35.0 Å². The molecule has 4 atom stereocenters. The topological polar surface area (TPSA) is 119 Å². The van der Waals surface area contributed by atoms with Crippen molar-refractivity contribution in [3.8, 4) is 17.2 Å². The Bertz CT molecular complexity index is 1560. The van der Waals surface area contributed by atoms with Crippen LogP contribution in [-0.2, 0) is 20.7 Å². The Morgan fingerprint density at radius 1 is 1.07 bits per heavy atom. The highest BCUT2D eigenvalue weighted by molar-refractivity contribution is 6.19. The van der Waals surface area contributed by atoms with Gasteiger partial charge in [0.05, 0.1) is 11.2 Å². The Labute approximate surface area is 239 Å². The fourth-order valence-corrected chi connectivity index (χ4v) is 7.44. The van der Waals surface area contributed by atoms with Gasteiger partial charge in [-0.15, -0.1) is 0 Å². The standard InChI is InChI=1S/C33H36O8/c1-16(2)8-9-20-26-19(11-12-30(4,5)39-26)24(34)23-25(35)21-14-18-15-22-31(6,7)41-32(28(18)36,13-10-17(3)29(37)38)33(21,22)40-27(20)23/h8,10-12,14,18,22,34H,9,13,15H2,1-7H3,(H,37,38)/b17-10-/t18?,22?,32-,33+/m0/s1. The van der Waals surface area contributed by atoms with E-state index in [2.05, 4.69) is 0 Å². The van der Waals surface area contributed by atoms with Gasteiger partial charge in [-0.3, -0.25) is 9.59 Å². The van der Waals surface area contributed by atoms with Crippen molar-refractivity contribution >= 4 is 23.6 Å². The van der Waals surface area contributed by atoms with Crippen LogP contribution in [0.4, 0.5) is 0 Å². The summed E-state index contributed by atoms with van der Waals surface area (Å²) in [5, 5.41) is 21.1. The highest BCUT2D eigenvalue weighted by Crippen LogP contribution is 2.68. The summed E-state index contributed by atoms with van der Waals surface area (Å²) in [7, 11) is 0. The number of hydrogen-bond donors (Lipinski definition) is 2. The van der Waals surface area contributed by atoms with E-state index in [1.165, 1.54) is 13.0 Å². The van der Waals surface area contributed by atoms with Crippen molar-refractivity contribution in [2.45, 2.75) is 90.1 Å². The number of Topliss-reactive ketones (excluding diaryl/α,β-unsaturated/α-hetero) is 2. The molecule has 1 saturated carbocycles. The highest BCUT2D eigenvalue weighted by atomic mass is 16.6. The van der Waals surface area contributed by atoms with Crippen LogP contribution in [0.5, 0.6) is 17.2 Å². The summed E-state index contributed by atoms with van der Waals surface area (Å²) in [5.74, 6) is -2.29. The number of hydrogen-bond acceptors (Lipinski definition) is 7. The first kappa shape index (κ1) is 27.5. The molecular weight excluding hydrogens is 524 g/mol. The van der Waals surface area contributed by atoms with E-state index in [0.717, 1.165) is 5.57 Å². The minimum absolute atomic E-state index is 0.0513. The second-order valence-electron chi connectivity index (χ2n) is 13.2. The maximum absolute atomic E-state index is 14.5. The number of phenols is 1. The number of rotatable bonds is 5. The number of benzene rings is 1. The lowest BCUT2D eigenvalue weighted by molar-refractivity contribution is -0.171. The molecule has 3 aliphatic heterocycles. The Balaban J connectivity index is 1.66. The summed E-state index contributed by atoms with van der Waals surface area (Å²) < 4.78 is 20.1. The monoisotopic (exact) mass is 560 g/mol. The minimum atomic E-state index is -1.61. The molecule has 3 heterocycles. The average molecular weight is 561 g/mol. The molecule has 1 aromatic carbocycles. The number of aromatic hydroxyl groups is 1. The van der Waals surface area contributed by atoms with E-state index in [0.29, 0.717) is 35.3 Å². The quantitative estimate of drug-likeness (QED) is 0.357. The van der Waals surface area contributed by atoms with Gasteiger partial charge in [0.25, 0.3) is 0 Å². The number of carbonyl (C=O) groups is 3. The molecule has 1 saturated heterocycles. The summed E-state index contributed by atoms with van der Waals surface area (Å²) in [6, 6.07) is 0. The van der Waals surface area contributed by atoms with E-state index in [4.69, 9.17) is 14.2 Å². The second kappa shape index (κ2) is 8.44. The summed E-state index contributed by atoms with van der Waals surface area (Å²) in [5.41, 5.74) is -2.14. The molecule has 41 heavy (non-hydrogen) atoms. The van der Waals surface area contributed by atoms with Crippen molar-refractivity contribution in [1.29, 1.82) is 0 Å². The van der Waals surface area contributed by atoms with Gasteiger partial charge < -0.3 is 24.4 Å². The average Bonchev–Trinajstić information content (AvgIpc) is 3.03. The summed E-state index contributed by atoms with van der Waals surface area (Å²) >= 11 is 0. The lowest BCUT2D eigenvalue weighted by Gasteiger charge is -2.56. The number of carboxylic acids is 1. The Morgan fingerprint density at radius 3 is 2.44 bits per heavy atom. The predicted octanol–water partition coefficient (Wildman–Crippen LogP) is 5.51. The Kier molecular flexibility index (Phi) is 5.67. The molecule has 7 rings (SSSR count). The van der Waals surface area contributed by atoms with Gasteiger partial charge in [-0.25, -0.2) is 4.79 Å². The van der Waals surface area contributed by atoms with E-state index in [9.17, 15) is 24.6 Å². The van der Waals surface area contributed by atoms with Gasteiger partial charge in [-0.1, -0.05) is 23.8 Å². The minimum Gasteiger partial charge on any atom is -0.506 e. The second-order valence-corrected chi connectivity index (χ2v) is 13.2. The molecule has 2 N–H and O–H groups in total. The van der Waals surface area contributed by atoms with Crippen molar-refractivity contribution in [2.75, 3.05) is 0 Å². The number of carboxylic acid groups (broad SMARTS) is 1. The van der Waals surface area contributed by atoms with Gasteiger partial charge in [-0.05, 0) is 73.5 Å². The van der Waals surface area contributed by atoms with Gasteiger partial charge in [-0.2, -0.15) is 0 Å². The maximum atomic E-state index is 14.5. The number of ether oxygens (including phenoxy) is 3. The van der Waals surface area contributed by atoms with Crippen LogP contribution < -0.4 is 9.47 Å². The zero-order valence-electron chi connectivity index (χ0n) is 24.5. The summed E-state index contributed by atoms with van der Waals surface area (Å²) in [6.07, 6.45) is 9.54.